The van der Waals surface area contributed by atoms with Gasteiger partial charge < -0.3 is 13.9 Å². The Morgan fingerprint density at radius 1 is 0.821 bits per heavy atom. The third kappa shape index (κ3) is 14.8. The number of unbranched alkanes of at least 4 members (excludes halogenated alkanes) is 10. The maximum atomic E-state index is 12.6. The Kier molecular flexibility index (Phi) is 16.5. The fourth-order valence-corrected chi connectivity index (χ4v) is 5.56. The highest BCUT2D eigenvalue weighted by atomic mass is 31.2. The van der Waals surface area contributed by atoms with Gasteiger partial charge in [0.05, 0.1) is 27.7 Å². The summed E-state index contributed by atoms with van der Waals surface area (Å²) in [5.74, 6) is -0.348. The Morgan fingerprint density at radius 2 is 1.32 bits per heavy atom. The first-order valence-electron chi connectivity index (χ1n) is 11.7. The second-order valence-electron chi connectivity index (χ2n) is 9.01. The van der Waals surface area contributed by atoms with E-state index in [2.05, 4.69) is 19.1 Å². The van der Waals surface area contributed by atoms with Gasteiger partial charge in [-0.15, -0.1) is 0 Å². The molecular formula is C23H49NO3P+. The van der Waals surface area contributed by atoms with Gasteiger partial charge in [0.15, 0.2) is 5.78 Å². The van der Waals surface area contributed by atoms with E-state index in [4.69, 9.17) is 4.52 Å². The predicted octanol–water partition coefficient (Wildman–Crippen LogP) is 7.28. The van der Waals surface area contributed by atoms with Crippen LogP contribution in [-0.2, 0) is 9.09 Å². The van der Waals surface area contributed by atoms with Gasteiger partial charge in [0, 0.05) is 6.42 Å². The van der Waals surface area contributed by atoms with Crippen LogP contribution in [0.25, 0.3) is 0 Å². The SMILES string of the molecule is CCCCCCCCCCC/C=C\CCCOP(=O)(O)C(CCC)[N+](C)(C)C. The summed E-state index contributed by atoms with van der Waals surface area (Å²) in [5.41, 5.74) is 0. The van der Waals surface area contributed by atoms with E-state index in [1.54, 1.807) is 0 Å². The lowest BCUT2D eigenvalue weighted by molar-refractivity contribution is -0.883. The number of nitrogens with zero attached hydrogens (tertiary/aromatic N) is 1. The normalized spacial score (nSPS) is 15.8. The van der Waals surface area contributed by atoms with Crippen LogP contribution < -0.4 is 0 Å². The zero-order valence-corrected chi connectivity index (χ0v) is 20.4. The third-order valence-corrected chi connectivity index (χ3v) is 7.51. The van der Waals surface area contributed by atoms with Crippen molar-refractivity contribution in [3.8, 4) is 0 Å². The molecule has 0 bridgehead atoms. The Bertz CT molecular complexity index is 432. The van der Waals surface area contributed by atoms with Crippen molar-refractivity contribution in [1.82, 2.24) is 0 Å². The molecule has 0 saturated heterocycles. The zero-order chi connectivity index (χ0) is 21.3. The second kappa shape index (κ2) is 16.6. The summed E-state index contributed by atoms with van der Waals surface area (Å²) in [4.78, 5) is 10.3. The summed E-state index contributed by atoms with van der Waals surface area (Å²) >= 11 is 0. The van der Waals surface area contributed by atoms with Crippen LogP contribution in [0.3, 0.4) is 0 Å². The van der Waals surface area contributed by atoms with E-state index in [1.807, 2.05) is 28.1 Å². The second-order valence-corrected chi connectivity index (χ2v) is 11.0. The predicted molar refractivity (Wildman–Crippen MR) is 123 cm³/mol. The smallest absolute Gasteiger partial charge is 0.320 e. The standard InChI is InChI=1S/C23H48NO3P/c1-6-8-9-10-11-12-13-14-15-16-17-18-19-20-22-27-28(25,26)23(21-7-2)24(3,4)5/h17-18,23H,6-16,19-22H2,1-5H3/p+1/b18-17-. The molecule has 0 aromatic heterocycles. The van der Waals surface area contributed by atoms with Gasteiger partial charge in [0.25, 0.3) is 0 Å². The Balaban J connectivity index is 3.72. The summed E-state index contributed by atoms with van der Waals surface area (Å²) in [6.07, 6.45) is 21.2. The van der Waals surface area contributed by atoms with E-state index in [0.29, 0.717) is 17.5 Å². The third-order valence-electron chi connectivity index (χ3n) is 5.25. The first kappa shape index (κ1) is 27.8. The van der Waals surface area contributed by atoms with Crippen LogP contribution in [0.5, 0.6) is 0 Å². The van der Waals surface area contributed by atoms with Gasteiger partial charge in [0.2, 0.25) is 0 Å². The number of rotatable bonds is 19. The molecule has 2 unspecified atom stereocenters. The largest absolute Gasteiger partial charge is 0.385 e. The summed E-state index contributed by atoms with van der Waals surface area (Å²) < 4.78 is 18.5. The van der Waals surface area contributed by atoms with Crippen molar-refractivity contribution in [3.05, 3.63) is 12.2 Å². The molecule has 0 fully saturated rings. The Labute approximate surface area is 175 Å². The lowest BCUT2D eigenvalue weighted by Crippen LogP contribution is -2.45. The van der Waals surface area contributed by atoms with Crippen molar-refractivity contribution >= 4 is 7.60 Å². The fraction of sp³-hybridized carbons (Fsp3) is 0.913. The van der Waals surface area contributed by atoms with Crippen LogP contribution in [0.1, 0.15) is 104 Å². The average molecular weight is 419 g/mol. The highest BCUT2D eigenvalue weighted by molar-refractivity contribution is 7.53. The van der Waals surface area contributed by atoms with Crippen molar-refractivity contribution < 1.29 is 18.5 Å². The molecule has 0 aliphatic rings. The van der Waals surface area contributed by atoms with Crippen molar-refractivity contribution in [3.63, 3.8) is 0 Å². The highest BCUT2D eigenvalue weighted by Gasteiger charge is 2.41. The molecule has 0 aliphatic heterocycles. The summed E-state index contributed by atoms with van der Waals surface area (Å²) in [6, 6.07) is 0. The van der Waals surface area contributed by atoms with Gasteiger partial charge >= 0.3 is 7.60 Å². The van der Waals surface area contributed by atoms with Crippen molar-refractivity contribution in [2.24, 2.45) is 0 Å². The van der Waals surface area contributed by atoms with Crippen LogP contribution in [0, 0.1) is 0 Å². The topological polar surface area (TPSA) is 46.5 Å². The molecule has 2 atom stereocenters. The zero-order valence-electron chi connectivity index (χ0n) is 19.5. The van der Waals surface area contributed by atoms with Crippen LogP contribution in [0.15, 0.2) is 12.2 Å². The van der Waals surface area contributed by atoms with Crippen LogP contribution in [0.2, 0.25) is 0 Å². The summed E-state index contributed by atoms with van der Waals surface area (Å²) in [6.45, 7) is 4.67. The number of allylic oxidation sites excluding steroid dienone is 2. The molecule has 4 nitrogen and oxygen atoms in total. The monoisotopic (exact) mass is 418 g/mol. The van der Waals surface area contributed by atoms with E-state index in [-0.39, 0.29) is 5.78 Å². The molecular weight excluding hydrogens is 369 g/mol. The van der Waals surface area contributed by atoms with E-state index in [9.17, 15) is 9.46 Å². The molecule has 5 heteroatoms. The lowest BCUT2D eigenvalue weighted by atomic mass is 10.1. The molecule has 0 aliphatic carbocycles. The maximum Gasteiger partial charge on any atom is 0.385 e. The van der Waals surface area contributed by atoms with E-state index in [1.165, 1.54) is 57.8 Å². The minimum atomic E-state index is -3.58. The average Bonchev–Trinajstić information content (AvgIpc) is 2.61. The van der Waals surface area contributed by atoms with Crippen molar-refractivity contribution in [1.29, 1.82) is 0 Å². The van der Waals surface area contributed by atoms with Crippen LogP contribution >= 0.6 is 7.60 Å². The summed E-state index contributed by atoms with van der Waals surface area (Å²) in [7, 11) is 2.30. The number of hydrogen-bond acceptors (Lipinski definition) is 2. The molecule has 0 aromatic carbocycles. The number of hydrogen-bond donors (Lipinski definition) is 1. The van der Waals surface area contributed by atoms with Gasteiger partial charge in [-0.05, 0) is 32.1 Å². The van der Waals surface area contributed by atoms with Gasteiger partial charge in [-0.1, -0.05) is 77.4 Å². The van der Waals surface area contributed by atoms with E-state index < -0.39 is 7.60 Å². The first-order chi connectivity index (χ1) is 13.3. The molecule has 0 rings (SSSR count). The molecule has 0 radical (unpaired) electrons. The summed E-state index contributed by atoms with van der Waals surface area (Å²) in [5, 5.41) is 0. The maximum absolute atomic E-state index is 12.6. The molecule has 0 saturated carbocycles. The number of quaternary nitrogens is 1. The quantitative estimate of drug-likeness (QED) is 0.104. The van der Waals surface area contributed by atoms with E-state index in [0.717, 1.165) is 25.7 Å². The van der Waals surface area contributed by atoms with Gasteiger partial charge in [-0.25, -0.2) is 0 Å². The lowest BCUT2D eigenvalue weighted by Gasteiger charge is -2.35. The molecule has 0 amide bonds. The van der Waals surface area contributed by atoms with Gasteiger partial charge in [-0.2, -0.15) is 0 Å². The van der Waals surface area contributed by atoms with Crippen molar-refractivity contribution in [2.45, 2.75) is 110 Å². The van der Waals surface area contributed by atoms with E-state index >= 15 is 0 Å². The highest BCUT2D eigenvalue weighted by Crippen LogP contribution is 2.51. The molecule has 0 heterocycles. The molecule has 0 spiro atoms. The fourth-order valence-electron chi connectivity index (χ4n) is 3.54. The minimum Gasteiger partial charge on any atom is -0.320 e. The van der Waals surface area contributed by atoms with Crippen LogP contribution in [0.4, 0.5) is 0 Å². The Morgan fingerprint density at radius 3 is 1.82 bits per heavy atom. The molecule has 1 N–H and O–H groups in total. The van der Waals surface area contributed by atoms with Gasteiger partial charge in [-0.3, -0.25) is 4.57 Å². The molecule has 28 heavy (non-hydrogen) atoms. The minimum absolute atomic E-state index is 0.348. The van der Waals surface area contributed by atoms with Gasteiger partial charge in [0.1, 0.15) is 0 Å². The Hall–Kier alpha value is -0.150. The molecule has 168 valence electrons. The van der Waals surface area contributed by atoms with Crippen molar-refractivity contribution in [2.75, 3.05) is 27.7 Å². The molecule has 0 aromatic rings. The first-order valence-corrected chi connectivity index (χ1v) is 13.3. The van der Waals surface area contributed by atoms with Crippen LogP contribution in [-0.4, -0.2) is 42.9 Å².